The monoisotopic (exact) mass is 213 g/mol. The molecule has 0 aromatic heterocycles. The molecule has 1 saturated carbocycles. The molecule has 1 saturated heterocycles. The minimum atomic E-state index is 0.502. The molecule has 2 heteroatoms. The summed E-state index contributed by atoms with van der Waals surface area (Å²) in [6.45, 7) is 10.6. The Balaban J connectivity index is 0.000000531. The standard InChI is InChI=1S/C11H21NO.C2H6/c1-11(5-3-2-4-6-11)12-7-9-13-10-8-12;1-2/h2-10H2,1H3;1-2H3. The van der Waals surface area contributed by atoms with E-state index in [1.165, 1.54) is 32.1 Å². The van der Waals surface area contributed by atoms with Crippen LogP contribution in [0.3, 0.4) is 0 Å². The van der Waals surface area contributed by atoms with E-state index in [-0.39, 0.29) is 0 Å². The van der Waals surface area contributed by atoms with Crippen molar-refractivity contribution >= 4 is 0 Å². The maximum absolute atomic E-state index is 5.39. The highest BCUT2D eigenvalue weighted by atomic mass is 16.5. The Morgan fingerprint density at radius 2 is 1.47 bits per heavy atom. The Hall–Kier alpha value is -0.0800. The molecule has 0 aromatic carbocycles. The second kappa shape index (κ2) is 6.49. The molecular formula is C13H27NO. The van der Waals surface area contributed by atoms with Crippen molar-refractivity contribution in [2.75, 3.05) is 26.3 Å². The van der Waals surface area contributed by atoms with Gasteiger partial charge in [0.1, 0.15) is 0 Å². The molecule has 2 fully saturated rings. The van der Waals surface area contributed by atoms with Crippen molar-refractivity contribution in [3.63, 3.8) is 0 Å². The second-order valence-corrected chi connectivity index (χ2v) is 4.66. The predicted molar refractivity (Wildman–Crippen MR) is 65.2 cm³/mol. The van der Waals surface area contributed by atoms with Gasteiger partial charge in [-0.2, -0.15) is 0 Å². The van der Waals surface area contributed by atoms with Crippen LogP contribution in [-0.4, -0.2) is 36.7 Å². The fraction of sp³-hybridized carbons (Fsp3) is 1.00. The molecule has 0 bridgehead atoms. The molecule has 2 aliphatic rings. The van der Waals surface area contributed by atoms with Crippen molar-refractivity contribution in [1.29, 1.82) is 0 Å². The van der Waals surface area contributed by atoms with Crippen LogP contribution in [-0.2, 0) is 4.74 Å². The van der Waals surface area contributed by atoms with E-state index in [2.05, 4.69) is 11.8 Å². The fourth-order valence-electron chi connectivity index (χ4n) is 2.73. The number of hydrogen-bond donors (Lipinski definition) is 0. The normalized spacial score (nSPS) is 26.6. The van der Waals surface area contributed by atoms with Crippen LogP contribution < -0.4 is 0 Å². The van der Waals surface area contributed by atoms with E-state index in [0.29, 0.717) is 5.54 Å². The summed E-state index contributed by atoms with van der Waals surface area (Å²) in [5.74, 6) is 0. The van der Waals surface area contributed by atoms with E-state index in [9.17, 15) is 0 Å². The van der Waals surface area contributed by atoms with Gasteiger partial charge in [0.2, 0.25) is 0 Å². The van der Waals surface area contributed by atoms with E-state index < -0.39 is 0 Å². The van der Waals surface area contributed by atoms with Gasteiger partial charge in [0.05, 0.1) is 13.2 Å². The quantitative estimate of drug-likeness (QED) is 0.664. The molecule has 0 spiro atoms. The highest BCUT2D eigenvalue weighted by Crippen LogP contribution is 2.33. The lowest BCUT2D eigenvalue weighted by molar-refractivity contribution is -0.0295. The molecule has 0 radical (unpaired) electrons. The summed E-state index contributed by atoms with van der Waals surface area (Å²) >= 11 is 0. The molecule has 0 amide bonds. The largest absolute Gasteiger partial charge is 0.379 e. The lowest BCUT2D eigenvalue weighted by atomic mass is 9.81. The van der Waals surface area contributed by atoms with Gasteiger partial charge in [-0.15, -0.1) is 0 Å². The summed E-state index contributed by atoms with van der Waals surface area (Å²) in [6.07, 6.45) is 7.08. The van der Waals surface area contributed by atoms with Gasteiger partial charge < -0.3 is 4.74 Å². The Morgan fingerprint density at radius 1 is 0.933 bits per heavy atom. The number of hydrogen-bond acceptors (Lipinski definition) is 2. The first-order chi connectivity index (χ1) is 7.31. The summed E-state index contributed by atoms with van der Waals surface area (Å²) < 4.78 is 5.39. The van der Waals surface area contributed by atoms with Crippen molar-refractivity contribution in [1.82, 2.24) is 4.90 Å². The molecule has 0 unspecified atom stereocenters. The molecule has 1 heterocycles. The molecule has 2 nitrogen and oxygen atoms in total. The zero-order chi connectivity index (χ0) is 11.1. The van der Waals surface area contributed by atoms with Crippen molar-refractivity contribution in [2.24, 2.45) is 0 Å². The van der Waals surface area contributed by atoms with Crippen LogP contribution in [0.4, 0.5) is 0 Å². The lowest BCUT2D eigenvalue weighted by Gasteiger charge is -2.45. The van der Waals surface area contributed by atoms with Gasteiger partial charge >= 0.3 is 0 Å². The molecule has 1 aliphatic carbocycles. The summed E-state index contributed by atoms with van der Waals surface area (Å²) in [5.41, 5.74) is 0.502. The third-order valence-electron chi connectivity index (χ3n) is 3.71. The Kier molecular flexibility index (Phi) is 5.62. The average molecular weight is 213 g/mol. The second-order valence-electron chi connectivity index (χ2n) is 4.66. The third-order valence-corrected chi connectivity index (χ3v) is 3.71. The molecular weight excluding hydrogens is 186 g/mol. The van der Waals surface area contributed by atoms with E-state index in [4.69, 9.17) is 4.74 Å². The first-order valence-corrected chi connectivity index (χ1v) is 6.64. The maximum Gasteiger partial charge on any atom is 0.0594 e. The molecule has 2 rings (SSSR count). The van der Waals surface area contributed by atoms with Gasteiger partial charge in [0, 0.05) is 18.6 Å². The first-order valence-electron chi connectivity index (χ1n) is 6.64. The topological polar surface area (TPSA) is 12.5 Å². The summed E-state index contributed by atoms with van der Waals surface area (Å²) in [5, 5.41) is 0. The van der Waals surface area contributed by atoms with E-state index >= 15 is 0 Å². The maximum atomic E-state index is 5.39. The van der Waals surface area contributed by atoms with Gasteiger partial charge in [0.25, 0.3) is 0 Å². The van der Waals surface area contributed by atoms with Crippen LogP contribution >= 0.6 is 0 Å². The summed E-state index contributed by atoms with van der Waals surface area (Å²) in [4.78, 5) is 2.65. The number of morpholine rings is 1. The van der Waals surface area contributed by atoms with Crippen LogP contribution in [0.5, 0.6) is 0 Å². The van der Waals surface area contributed by atoms with Crippen molar-refractivity contribution < 1.29 is 4.74 Å². The fourth-order valence-corrected chi connectivity index (χ4v) is 2.73. The van der Waals surface area contributed by atoms with Crippen molar-refractivity contribution in [3.05, 3.63) is 0 Å². The molecule has 0 aromatic rings. The Bertz CT molecular complexity index is 158. The Morgan fingerprint density at radius 3 is 2.00 bits per heavy atom. The SMILES string of the molecule is CC.CC1(N2CCOCC2)CCCCC1. The summed E-state index contributed by atoms with van der Waals surface area (Å²) in [6, 6.07) is 0. The number of nitrogens with zero attached hydrogens (tertiary/aromatic N) is 1. The van der Waals surface area contributed by atoms with Crippen LogP contribution in [0, 0.1) is 0 Å². The summed E-state index contributed by atoms with van der Waals surface area (Å²) in [7, 11) is 0. The predicted octanol–water partition coefficient (Wildman–Crippen LogP) is 3.07. The van der Waals surface area contributed by atoms with Gasteiger partial charge in [0.15, 0.2) is 0 Å². The average Bonchev–Trinajstić information content (AvgIpc) is 2.34. The van der Waals surface area contributed by atoms with Gasteiger partial charge in [-0.1, -0.05) is 33.1 Å². The minimum Gasteiger partial charge on any atom is -0.379 e. The van der Waals surface area contributed by atoms with Gasteiger partial charge in [-0.3, -0.25) is 4.90 Å². The van der Waals surface area contributed by atoms with E-state index in [1.54, 1.807) is 0 Å². The highest BCUT2D eigenvalue weighted by molar-refractivity contribution is 4.89. The zero-order valence-electron chi connectivity index (χ0n) is 10.7. The third kappa shape index (κ3) is 3.46. The van der Waals surface area contributed by atoms with Gasteiger partial charge in [-0.05, 0) is 19.8 Å². The highest BCUT2D eigenvalue weighted by Gasteiger charge is 2.33. The van der Waals surface area contributed by atoms with Crippen molar-refractivity contribution in [3.8, 4) is 0 Å². The van der Waals surface area contributed by atoms with Gasteiger partial charge in [-0.25, -0.2) is 0 Å². The lowest BCUT2D eigenvalue weighted by Crippen LogP contribution is -2.52. The number of rotatable bonds is 1. The van der Waals surface area contributed by atoms with Crippen LogP contribution in [0.25, 0.3) is 0 Å². The van der Waals surface area contributed by atoms with E-state index in [0.717, 1.165) is 26.3 Å². The van der Waals surface area contributed by atoms with Crippen molar-refractivity contribution in [2.45, 2.75) is 58.4 Å². The minimum absolute atomic E-state index is 0.502. The Labute approximate surface area is 95.0 Å². The smallest absolute Gasteiger partial charge is 0.0594 e. The molecule has 90 valence electrons. The molecule has 0 N–H and O–H groups in total. The zero-order valence-corrected chi connectivity index (χ0v) is 10.7. The van der Waals surface area contributed by atoms with Crippen LogP contribution in [0.2, 0.25) is 0 Å². The number of ether oxygens (including phenoxy) is 1. The molecule has 15 heavy (non-hydrogen) atoms. The van der Waals surface area contributed by atoms with E-state index in [1.807, 2.05) is 13.8 Å². The van der Waals surface area contributed by atoms with Crippen LogP contribution in [0.15, 0.2) is 0 Å². The van der Waals surface area contributed by atoms with Crippen LogP contribution in [0.1, 0.15) is 52.9 Å². The molecule has 0 atom stereocenters. The first kappa shape index (κ1) is 13.0. The molecule has 1 aliphatic heterocycles.